The minimum atomic E-state index is -4.84. The fraction of sp³-hybridized carbons (Fsp3) is 0.0769. The van der Waals surface area contributed by atoms with Crippen molar-refractivity contribution in [1.29, 1.82) is 0 Å². The van der Waals surface area contributed by atoms with Gasteiger partial charge in [0.2, 0.25) is 0 Å². The molecule has 120 valence electrons. The van der Waals surface area contributed by atoms with Crippen LogP contribution in [-0.2, 0) is 16.2 Å². The highest BCUT2D eigenvalue weighted by molar-refractivity contribution is 7.90. The standard InChI is InChI=1S/C13H7F4N3O2S/c14-8-1-3-9(4-2-8)23(21,22)20-11-5-6-18-7-10(11)12(19-20)13(15,16)17/h1-7H. The molecule has 10 heteroatoms. The molecule has 0 amide bonds. The van der Waals surface area contributed by atoms with E-state index in [4.69, 9.17) is 0 Å². The number of hydrogen-bond acceptors (Lipinski definition) is 4. The Hall–Kier alpha value is -2.49. The molecule has 2 aromatic heterocycles. The van der Waals surface area contributed by atoms with E-state index in [2.05, 4.69) is 10.1 Å². The second-order valence-corrected chi connectivity index (χ2v) is 6.31. The van der Waals surface area contributed by atoms with Crippen LogP contribution in [0.2, 0.25) is 0 Å². The number of aromatic nitrogens is 3. The highest BCUT2D eigenvalue weighted by Crippen LogP contribution is 2.34. The van der Waals surface area contributed by atoms with Crippen molar-refractivity contribution in [3.63, 3.8) is 0 Å². The van der Waals surface area contributed by atoms with E-state index >= 15 is 0 Å². The van der Waals surface area contributed by atoms with Gasteiger partial charge in [0.1, 0.15) is 5.82 Å². The van der Waals surface area contributed by atoms with Gasteiger partial charge in [-0.2, -0.15) is 30.8 Å². The molecule has 0 fully saturated rings. The van der Waals surface area contributed by atoms with Crippen LogP contribution < -0.4 is 0 Å². The van der Waals surface area contributed by atoms with Gasteiger partial charge in [0, 0.05) is 12.4 Å². The molecule has 0 radical (unpaired) electrons. The Balaban J connectivity index is 2.30. The van der Waals surface area contributed by atoms with Gasteiger partial charge in [0.15, 0.2) is 5.69 Å². The minimum Gasteiger partial charge on any atom is -0.264 e. The van der Waals surface area contributed by atoms with E-state index in [1.54, 1.807) is 0 Å². The molecule has 0 aliphatic carbocycles. The van der Waals surface area contributed by atoms with Crippen molar-refractivity contribution < 1.29 is 26.0 Å². The van der Waals surface area contributed by atoms with Crippen molar-refractivity contribution in [3.8, 4) is 0 Å². The molecule has 0 aliphatic heterocycles. The summed E-state index contributed by atoms with van der Waals surface area (Å²) in [5.41, 5.74) is -1.62. The van der Waals surface area contributed by atoms with Gasteiger partial charge >= 0.3 is 6.18 Å². The van der Waals surface area contributed by atoms with Crippen molar-refractivity contribution in [3.05, 3.63) is 54.2 Å². The molecule has 5 nitrogen and oxygen atoms in total. The van der Waals surface area contributed by atoms with Crippen molar-refractivity contribution in [2.24, 2.45) is 0 Å². The van der Waals surface area contributed by atoms with Crippen LogP contribution in [0.25, 0.3) is 10.9 Å². The van der Waals surface area contributed by atoms with Crippen LogP contribution in [0.15, 0.2) is 47.6 Å². The van der Waals surface area contributed by atoms with E-state index in [-0.39, 0.29) is 14.5 Å². The van der Waals surface area contributed by atoms with Crippen LogP contribution >= 0.6 is 0 Å². The average molecular weight is 345 g/mol. The predicted molar refractivity (Wildman–Crippen MR) is 71.5 cm³/mol. The molecule has 3 aromatic rings. The fourth-order valence-electron chi connectivity index (χ4n) is 2.03. The largest absolute Gasteiger partial charge is 0.435 e. The molecule has 0 bridgehead atoms. The van der Waals surface area contributed by atoms with E-state index in [0.717, 1.165) is 42.7 Å². The van der Waals surface area contributed by atoms with Gasteiger partial charge in [-0.25, -0.2) is 4.39 Å². The van der Waals surface area contributed by atoms with Crippen molar-refractivity contribution in [2.45, 2.75) is 11.1 Å². The Bertz CT molecular complexity index is 979. The molecule has 0 aliphatic rings. The van der Waals surface area contributed by atoms with Crippen molar-refractivity contribution in [2.75, 3.05) is 0 Å². The first kappa shape index (κ1) is 15.4. The van der Waals surface area contributed by atoms with Crippen LogP contribution in [0, 0.1) is 5.82 Å². The minimum absolute atomic E-state index is 0.267. The third-order valence-corrected chi connectivity index (χ3v) is 4.66. The number of rotatable bonds is 2. The third-order valence-electron chi connectivity index (χ3n) is 3.06. The van der Waals surface area contributed by atoms with Gasteiger partial charge < -0.3 is 0 Å². The lowest BCUT2D eigenvalue weighted by atomic mass is 10.2. The second-order valence-electron chi connectivity index (χ2n) is 4.54. The topological polar surface area (TPSA) is 64.8 Å². The van der Waals surface area contributed by atoms with E-state index in [1.807, 2.05) is 0 Å². The molecule has 0 saturated heterocycles. The molecule has 0 atom stereocenters. The Morgan fingerprint density at radius 3 is 2.30 bits per heavy atom. The lowest BCUT2D eigenvalue weighted by Gasteiger charge is -2.05. The highest BCUT2D eigenvalue weighted by atomic mass is 32.2. The second kappa shape index (κ2) is 5.01. The molecule has 0 N–H and O–H groups in total. The first-order valence-electron chi connectivity index (χ1n) is 6.12. The van der Waals surface area contributed by atoms with Crippen LogP contribution in [0.3, 0.4) is 0 Å². The van der Waals surface area contributed by atoms with E-state index < -0.39 is 33.1 Å². The summed E-state index contributed by atoms with van der Waals surface area (Å²) in [5, 5.41) is 2.76. The zero-order valence-corrected chi connectivity index (χ0v) is 11.9. The van der Waals surface area contributed by atoms with Crippen LogP contribution in [-0.4, -0.2) is 22.6 Å². The summed E-state index contributed by atoms with van der Waals surface area (Å²) in [4.78, 5) is 3.19. The lowest BCUT2D eigenvalue weighted by Crippen LogP contribution is -2.16. The lowest BCUT2D eigenvalue weighted by molar-refractivity contribution is -0.140. The quantitative estimate of drug-likeness (QED) is 0.670. The van der Waals surface area contributed by atoms with E-state index in [1.165, 1.54) is 0 Å². The maximum atomic E-state index is 13.0. The average Bonchev–Trinajstić information content (AvgIpc) is 2.88. The van der Waals surface area contributed by atoms with Gasteiger partial charge in [-0.3, -0.25) is 4.98 Å². The van der Waals surface area contributed by atoms with Crippen LogP contribution in [0.1, 0.15) is 5.69 Å². The summed E-state index contributed by atoms with van der Waals surface area (Å²) in [6.07, 6.45) is -2.80. The molecule has 1 aromatic carbocycles. The summed E-state index contributed by atoms with van der Waals surface area (Å²) in [6.45, 7) is 0. The van der Waals surface area contributed by atoms with Gasteiger partial charge in [0.05, 0.1) is 15.8 Å². The van der Waals surface area contributed by atoms with Gasteiger partial charge in [0.25, 0.3) is 10.0 Å². The number of nitrogens with zero attached hydrogens (tertiary/aromatic N) is 3. The predicted octanol–water partition coefficient (Wildman–Crippen LogP) is 2.83. The monoisotopic (exact) mass is 345 g/mol. The summed E-state index contributed by atoms with van der Waals surface area (Å²) in [7, 11) is -4.41. The summed E-state index contributed by atoms with van der Waals surface area (Å²) in [5.74, 6) is -0.672. The summed E-state index contributed by atoms with van der Waals surface area (Å²) < 4.78 is 77.3. The first-order chi connectivity index (χ1) is 10.7. The number of fused-ring (bicyclic) bond motifs is 1. The van der Waals surface area contributed by atoms with E-state index in [9.17, 15) is 26.0 Å². The summed E-state index contributed by atoms with van der Waals surface area (Å²) in [6, 6.07) is 4.80. The van der Waals surface area contributed by atoms with Crippen LogP contribution in [0.5, 0.6) is 0 Å². The number of halogens is 4. The van der Waals surface area contributed by atoms with Crippen LogP contribution in [0.4, 0.5) is 17.6 Å². The Morgan fingerprint density at radius 2 is 1.70 bits per heavy atom. The summed E-state index contributed by atoms with van der Waals surface area (Å²) >= 11 is 0. The van der Waals surface area contributed by atoms with Gasteiger partial charge in [-0.05, 0) is 30.3 Å². The van der Waals surface area contributed by atoms with Gasteiger partial charge in [-0.15, -0.1) is 0 Å². The highest BCUT2D eigenvalue weighted by Gasteiger charge is 2.38. The smallest absolute Gasteiger partial charge is 0.264 e. The molecule has 3 rings (SSSR count). The number of hydrogen-bond donors (Lipinski definition) is 0. The molecule has 23 heavy (non-hydrogen) atoms. The zero-order valence-electron chi connectivity index (χ0n) is 11.1. The third kappa shape index (κ3) is 2.54. The Morgan fingerprint density at radius 1 is 1.04 bits per heavy atom. The molecule has 0 unspecified atom stereocenters. The van der Waals surface area contributed by atoms with Gasteiger partial charge in [-0.1, -0.05) is 0 Å². The molecular formula is C13H7F4N3O2S. The molecular weight excluding hydrogens is 338 g/mol. The molecule has 0 spiro atoms. The molecule has 0 saturated carbocycles. The van der Waals surface area contributed by atoms with Crippen molar-refractivity contribution >= 4 is 20.9 Å². The maximum absolute atomic E-state index is 13.0. The Kier molecular flexibility index (Phi) is 3.36. The normalized spacial score (nSPS) is 12.7. The first-order valence-corrected chi connectivity index (χ1v) is 7.56. The van der Waals surface area contributed by atoms with Crippen molar-refractivity contribution in [1.82, 2.24) is 14.2 Å². The number of benzene rings is 1. The number of alkyl halides is 3. The molecule has 2 heterocycles. The van der Waals surface area contributed by atoms with E-state index in [0.29, 0.717) is 0 Å². The fourth-order valence-corrected chi connectivity index (χ4v) is 3.32. The SMILES string of the molecule is O=S(=O)(c1ccc(F)cc1)n1nc(C(F)(F)F)c2cnccc21. The maximum Gasteiger partial charge on any atom is 0.435 e. The number of pyridine rings is 1. The Labute approximate surface area is 127 Å². The zero-order chi connectivity index (χ0) is 16.8.